The lowest BCUT2D eigenvalue weighted by atomic mass is 10.1. The van der Waals surface area contributed by atoms with Gasteiger partial charge >= 0.3 is 0 Å². The van der Waals surface area contributed by atoms with Crippen LogP contribution >= 0.6 is 0 Å². The second-order valence-corrected chi connectivity index (χ2v) is 7.84. The second-order valence-electron chi connectivity index (χ2n) is 7.84. The molecule has 4 nitrogen and oxygen atoms in total. The third-order valence-electron chi connectivity index (χ3n) is 5.39. The Hall–Kier alpha value is -3.61. The number of hydrogen-bond acceptors (Lipinski definition) is 1. The molecule has 7 heteroatoms. The lowest BCUT2D eigenvalue weighted by Gasteiger charge is -2.23. The molecule has 0 spiro atoms. The van der Waals surface area contributed by atoms with Crippen LogP contribution in [-0.4, -0.2) is 29.8 Å². The molecule has 0 amide bonds. The zero-order valence-corrected chi connectivity index (χ0v) is 18.1. The number of benzene rings is 3. The predicted molar refractivity (Wildman–Crippen MR) is 126 cm³/mol. The van der Waals surface area contributed by atoms with Crippen LogP contribution < -0.4 is 5.32 Å². The topological polar surface area (TPSA) is 40.0 Å². The monoisotopic (exact) mass is 450 g/mol. The summed E-state index contributed by atoms with van der Waals surface area (Å²) in [5, 5.41) is 2.97. The van der Waals surface area contributed by atoms with Crippen molar-refractivity contribution in [2.45, 2.75) is 25.7 Å². The average molecular weight is 451 g/mol. The number of guanidine groups is 1. The molecule has 170 valence electrons. The molecule has 0 radical (unpaired) electrons. The van der Waals surface area contributed by atoms with Gasteiger partial charge in [0.2, 0.25) is 5.96 Å². The Morgan fingerprint density at radius 3 is 2.00 bits per heavy atom. The normalized spacial score (nSPS) is 15.3. The highest BCUT2D eigenvalue weighted by atomic mass is 19.1. The molecule has 1 N–H and O–H groups in total. The number of amidine groups is 1. The molecule has 1 saturated heterocycles. The van der Waals surface area contributed by atoms with E-state index >= 15 is 0 Å². The van der Waals surface area contributed by atoms with Crippen LogP contribution in [0.3, 0.4) is 0 Å². The largest absolute Gasteiger partial charge is 0.341 e. The standard InChI is InChI=1S/C26H25F3N4/c27-19-13-15-21(16-14-19)30-25(24-22(28)11-8-12-23(24)29)32-26(31-20-9-4-3-5-10-20)33-17-6-1-2-7-18-33/h3-5,8-16H,1-2,6-7,17-18H2,(H,30,31,32). The van der Waals surface area contributed by atoms with Gasteiger partial charge in [-0.2, -0.15) is 4.99 Å². The van der Waals surface area contributed by atoms with Crippen LogP contribution in [0.5, 0.6) is 0 Å². The van der Waals surface area contributed by atoms with Crippen LogP contribution in [0, 0.1) is 17.5 Å². The van der Waals surface area contributed by atoms with Crippen LogP contribution in [-0.2, 0) is 0 Å². The summed E-state index contributed by atoms with van der Waals surface area (Å²) < 4.78 is 43.0. The van der Waals surface area contributed by atoms with Gasteiger partial charge < -0.3 is 10.2 Å². The van der Waals surface area contributed by atoms with E-state index in [4.69, 9.17) is 4.99 Å². The van der Waals surface area contributed by atoms with Gasteiger partial charge in [-0.1, -0.05) is 37.1 Å². The van der Waals surface area contributed by atoms with E-state index < -0.39 is 17.5 Å². The van der Waals surface area contributed by atoms with E-state index in [9.17, 15) is 13.2 Å². The Kier molecular flexibility index (Phi) is 7.40. The Labute approximate surface area is 191 Å². The average Bonchev–Trinajstić information content (AvgIpc) is 3.10. The molecule has 33 heavy (non-hydrogen) atoms. The maximum Gasteiger partial charge on any atom is 0.227 e. The van der Waals surface area contributed by atoms with Crippen LogP contribution in [0.15, 0.2) is 82.8 Å². The van der Waals surface area contributed by atoms with Gasteiger partial charge in [0.15, 0.2) is 0 Å². The first-order valence-electron chi connectivity index (χ1n) is 11.0. The SMILES string of the molecule is Fc1ccc(N/C(=N/C(=Nc2ccccc2)N2CCCCCC2)c2c(F)cccc2F)cc1. The van der Waals surface area contributed by atoms with Gasteiger partial charge in [0, 0.05) is 18.8 Å². The minimum atomic E-state index is -0.752. The van der Waals surface area contributed by atoms with Crippen LogP contribution in [0.2, 0.25) is 0 Å². The molecule has 3 aromatic rings. The summed E-state index contributed by atoms with van der Waals surface area (Å²) in [6.07, 6.45) is 4.19. The van der Waals surface area contributed by atoms with Gasteiger partial charge in [0.25, 0.3) is 0 Å². The molecule has 0 aromatic heterocycles. The molecule has 1 aliphatic heterocycles. The number of anilines is 1. The number of likely N-dealkylation sites (tertiary alicyclic amines) is 1. The second kappa shape index (κ2) is 10.8. The Bertz CT molecular complexity index is 1100. The number of nitrogens with zero attached hydrogens (tertiary/aromatic N) is 3. The summed E-state index contributed by atoms with van der Waals surface area (Å²) in [6, 6.07) is 18.5. The maximum absolute atomic E-state index is 14.8. The molecule has 1 heterocycles. The van der Waals surface area contributed by atoms with Crippen molar-refractivity contribution in [2.24, 2.45) is 9.98 Å². The minimum absolute atomic E-state index is 0.0314. The van der Waals surface area contributed by atoms with Gasteiger partial charge in [-0.3, -0.25) is 0 Å². The number of halogens is 3. The summed E-state index contributed by atoms with van der Waals surface area (Å²) in [6.45, 7) is 1.50. The third kappa shape index (κ3) is 6.00. The highest BCUT2D eigenvalue weighted by Crippen LogP contribution is 2.20. The quantitative estimate of drug-likeness (QED) is 0.364. The Balaban J connectivity index is 1.83. The first kappa shape index (κ1) is 22.6. The summed E-state index contributed by atoms with van der Waals surface area (Å²) >= 11 is 0. The zero-order chi connectivity index (χ0) is 23.0. The first-order valence-corrected chi connectivity index (χ1v) is 11.0. The lowest BCUT2D eigenvalue weighted by molar-refractivity contribution is 0.431. The number of rotatable bonds is 3. The third-order valence-corrected chi connectivity index (χ3v) is 5.39. The van der Waals surface area contributed by atoms with Crippen molar-refractivity contribution >= 4 is 23.2 Å². The van der Waals surface area contributed by atoms with E-state index in [1.54, 1.807) is 0 Å². The van der Waals surface area contributed by atoms with Crippen molar-refractivity contribution in [1.29, 1.82) is 0 Å². The number of nitrogens with one attached hydrogen (secondary N) is 1. The van der Waals surface area contributed by atoms with E-state index in [2.05, 4.69) is 10.3 Å². The van der Waals surface area contributed by atoms with Crippen molar-refractivity contribution < 1.29 is 13.2 Å². The van der Waals surface area contributed by atoms with Gasteiger partial charge in [0.1, 0.15) is 23.3 Å². The van der Waals surface area contributed by atoms with Crippen LogP contribution in [0.25, 0.3) is 0 Å². The van der Waals surface area contributed by atoms with Crippen molar-refractivity contribution in [2.75, 3.05) is 18.4 Å². The number of para-hydroxylation sites is 1. The number of hydrogen-bond donors (Lipinski definition) is 1. The van der Waals surface area contributed by atoms with E-state index in [0.29, 0.717) is 17.3 Å². The van der Waals surface area contributed by atoms with Crippen LogP contribution in [0.1, 0.15) is 31.2 Å². The maximum atomic E-state index is 14.8. The summed E-state index contributed by atoms with van der Waals surface area (Å²) in [7, 11) is 0. The lowest BCUT2D eigenvalue weighted by Crippen LogP contribution is -2.32. The van der Waals surface area contributed by atoms with Gasteiger partial charge in [0.05, 0.1) is 11.3 Å². The molecule has 0 atom stereocenters. The van der Waals surface area contributed by atoms with Crippen molar-refractivity contribution in [3.63, 3.8) is 0 Å². The van der Waals surface area contributed by atoms with Crippen molar-refractivity contribution in [3.05, 3.63) is 95.8 Å². The van der Waals surface area contributed by atoms with E-state index in [0.717, 1.165) is 38.8 Å². The number of aliphatic imine (C=N–C) groups is 2. The minimum Gasteiger partial charge on any atom is -0.341 e. The molecule has 4 rings (SSSR count). The van der Waals surface area contributed by atoms with Crippen LogP contribution in [0.4, 0.5) is 24.5 Å². The van der Waals surface area contributed by atoms with Crippen molar-refractivity contribution in [3.8, 4) is 0 Å². The summed E-state index contributed by atoms with van der Waals surface area (Å²) in [5.74, 6) is -1.57. The van der Waals surface area contributed by atoms with E-state index in [1.165, 1.54) is 42.5 Å². The molecule has 0 saturated carbocycles. The molecule has 0 bridgehead atoms. The fourth-order valence-electron chi connectivity index (χ4n) is 3.70. The smallest absolute Gasteiger partial charge is 0.227 e. The Morgan fingerprint density at radius 1 is 0.727 bits per heavy atom. The zero-order valence-electron chi connectivity index (χ0n) is 18.1. The van der Waals surface area contributed by atoms with Gasteiger partial charge in [-0.15, -0.1) is 0 Å². The molecule has 0 unspecified atom stereocenters. The predicted octanol–water partition coefficient (Wildman–Crippen LogP) is 6.53. The highest BCUT2D eigenvalue weighted by molar-refractivity contribution is 6.13. The van der Waals surface area contributed by atoms with Gasteiger partial charge in [-0.25, -0.2) is 18.2 Å². The fourth-order valence-corrected chi connectivity index (χ4v) is 3.70. The highest BCUT2D eigenvalue weighted by Gasteiger charge is 2.20. The van der Waals surface area contributed by atoms with Crippen molar-refractivity contribution in [1.82, 2.24) is 4.90 Å². The van der Waals surface area contributed by atoms with E-state index in [-0.39, 0.29) is 11.4 Å². The fraction of sp³-hybridized carbons (Fsp3) is 0.231. The van der Waals surface area contributed by atoms with Gasteiger partial charge in [-0.05, 0) is 61.4 Å². The summed E-state index contributed by atoms with van der Waals surface area (Å²) in [4.78, 5) is 11.4. The first-order chi connectivity index (χ1) is 16.1. The molecule has 3 aromatic carbocycles. The molecule has 0 aliphatic carbocycles. The molecular weight excluding hydrogens is 425 g/mol. The molecule has 1 aliphatic rings. The van der Waals surface area contributed by atoms with E-state index in [1.807, 2.05) is 35.2 Å². The molecule has 1 fully saturated rings. The molecular formula is C26H25F3N4. The summed E-state index contributed by atoms with van der Waals surface area (Å²) in [5.41, 5.74) is 0.848. The Morgan fingerprint density at radius 2 is 1.36 bits per heavy atom.